The van der Waals surface area contributed by atoms with Crippen molar-refractivity contribution >= 4 is 0 Å². The highest BCUT2D eigenvalue weighted by Crippen LogP contribution is 2.71. The van der Waals surface area contributed by atoms with Crippen LogP contribution in [0.3, 0.4) is 0 Å². The fraction of sp³-hybridized carbons (Fsp3) is 1.00. The van der Waals surface area contributed by atoms with Crippen LogP contribution in [0.15, 0.2) is 0 Å². The van der Waals surface area contributed by atoms with Gasteiger partial charge in [-0.2, -0.15) is 0 Å². The molecule has 0 aromatic heterocycles. The predicted octanol–water partition coefficient (Wildman–Crippen LogP) is 22.6. The van der Waals surface area contributed by atoms with Crippen molar-refractivity contribution < 1.29 is 0 Å². The largest absolute Gasteiger partial charge is 0.294 e. The summed E-state index contributed by atoms with van der Waals surface area (Å²) in [5.41, 5.74) is 1.98. The van der Waals surface area contributed by atoms with Crippen molar-refractivity contribution in [3.05, 3.63) is 0 Å². The van der Waals surface area contributed by atoms with Crippen molar-refractivity contribution in [2.75, 3.05) is 0 Å². The van der Waals surface area contributed by atoms with Crippen LogP contribution in [0.5, 0.6) is 0 Å². The van der Waals surface area contributed by atoms with Gasteiger partial charge in [-0.25, -0.2) is 0 Å². The van der Waals surface area contributed by atoms with Crippen LogP contribution in [0, 0.1) is 111 Å². The summed E-state index contributed by atoms with van der Waals surface area (Å²) < 4.78 is 0. The Morgan fingerprint density at radius 3 is 0.914 bits per heavy atom. The smallest absolute Gasteiger partial charge is 0.0132 e. The SMILES string of the molecule is CCCC1(CCC)C2CCCCC2C2CCC(N(C3CCC(C4CCC(N(C5CCC6C7CCCCC7C(CCC)(CCC)C6C5)C5CCCC6CCCCC65)CC4)CC3)C3CCC4C5CCCCC5C(CCC)(CCC)C4C3)CC21. The third-order valence-corrected chi connectivity index (χ3v) is 31.6. The van der Waals surface area contributed by atoms with Crippen molar-refractivity contribution in [3.63, 3.8) is 0 Å². The minimum absolute atomic E-state index is 0.657. The summed E-state index contributed by atoms with van der Waals surface area (Å²) in [6, 6.07) is 5.32. The molecule has 0 aromatic rings. The van der Waals surface area contributed by atoms with Crippen molar-refractivity contribution in [2.45, 2.75) is 386 Å². The van der Waals surface area contributed by atoms with E-state index in [1.54, 1.807) is 257 Å². The zero-order valence-electron chi connectivity index (χ0n) is 55.0. The van der Waals surface area contributed by atoms with Crippen LogP contribution in [-0.2, 0) is 0 Å². The minimum atomic E-state index is 0.657. The molecular formula is C79H136N2. The van der Waals surface area contributed by atoms with E-state index < -0.39 is 0 Å². The lowest BCUT2D eigenvalue weighted by Gasteiger charge is -2.56. The van der Waals surface area contributed by atoms with Gasteiger partial charge >= 0.3 is 0 Å². The molecule has 0 radical (unpaired) electrons. The number of hydrogen-bond acceptors (Lipinski definition) is 2. The first-order valence-corrected chi connectivity index (χ1v) is 39.4. The zero-order chi connectivity index (χ0) is 55.3. The van der Waals surface area contributed by atoms with Crippen LogP contribution in [-0.4, -0.2) is 46.1 Å². The van der Waals surface area contributed by atoms with E-state index in [9.17, 15) is 0 Å². The highest BCUT2D eigenvalue weighted by Gasteiger charge is 2.64. The van der Waals surface area contributed by atoms with Crippen molar-refractivity contribution in [1.82, 2.24) is 9.80 Å². The van der Waals surface area contributed by atoms with E-state index in [1.165, 1.54) is 51.4 Å². The molecule has 13 aliphatic carbocycles. The molecule has 2 heteroatoms. The molecule has 13 rings (SSSR count). The number of hydrogen-bond donors (Lipinski definition) is 0. The van der Waals surface area contributed by atoms with E-state index in [-0.39, 0.29) is 0 Å². The maximum Gasteiger partial charge on any atom is 0.0132 e. The molecule has 0 heterocycles. The first-order valence-electron chi connectivity index (χ1n) is 39.4. The lowest BCUT2D eigenvalue weighted by atomic mass is 9.59. The molecule has 0 aliphatic heterocycles. The molecule has 462 valence electrons. The second-order valence-electron chi connectivity index (χ2n) is 34.3. The molecule has 13 aliphatic rings. The molecule has 2 nitrogen and oxygen atoms in total. The molecule has 13 saturated carbocycles. The lowest BCUT2D eigenvalue weighted by molar-refractivity contribution is -0.0627. The van der Waals surface area contributed by atoms with Gasteiger partial charge in [0.2, 0.25) is 0 Å². The van der Waals surface area contributed by atoms with Crippen LogP contribution in [0.1, 0.15) is 350 Å². The molecule has 0 spiro atoms. The predicted molar refractivity (Wildman–Crippen MR) is 345 cm³/mol. The standard InChI is InChI=1S/C79H136N2/c1-7-46-77(47-8-2)70-28-18-15-25-64(70)67-43-40-60(52-73(67)77)80(61-41-44-68-65-26-16-19-29-71(65)78(48-9-3,49-10-4)74(68)53-61)58-36-32-55(33-37-58)56-34-38-59(39-35-56)81(76-31-21-23-57-22-13-14-24-63(57)76)62-42-45-69-66-27-17-20-30-72(66)79(50-11-5,51-12-6)75(69)54-62/h55-76H,7-54H2,1-6H3. The topological polar surface area (TPSA) is 6.48 Å². The average Bonchev–Trinajstić information content (AvgIpc) is 3.31. The van der Waals surface area contributed by atoms with Crippen LogP contribution >= 0.6 is 0 Å². The molecule has 18 unspecified atom stereocenters. The van der Waals surface area contributed by atoms with Crippen molar-refractivity contribution in [2.24, 2.45) is 111 Å². The summed E-state index contributed by atoms with van der Waals surface area (Å²) in [5, 5.41) is 0. The molecule has 13 fully saturated rings. The highest BCUT2D eigenvalue weighted by atomic mass is 15.2. The first kappa shape index (κ1) is 59.9. The summed E-state index contributed by atoms with van der Waals surface area (Å²) in [7, 11) is 0. The van der Waals surface area contributed by atoms with Crippen molar-refractivity contribution in [1.29, 1.82) is 0 Å². The Balaban J connectivity index is 0.741. The van der Waals surface area contributed by atoms with E-state index in [0.717, 1.165) is 131 Å². The first-order chi connectivity index (χ1) is 39.8. The van der Waals surface area contributed by atoms with Gasteiger partial charge in [0.25, 0.3) is 0 Å². The van der Waals surface area contributed by atoms with E-state index >= 15 is 0 Å². The fourth-order valence-electron chi connectivity index (χ4n) is 30.0. The van der Waals surface area contributed by atoms with Gasteiger partial charge in [-0.05, 0) is 310 Å². The lowest BCUT2D eigenvalue weighted by Crippen LogP contribution is -2.58. The normalized spacial score (nSPS) is 46.2. The Labute approximate surface area is 504 Å². The van der Waals surface area contributed by atoms with E-state index in [2.05, 4.69) is 51.3 Å². The maximum absolute atomic E-state index is 3.57. The second-order valence-corrected chi connectivity index (χ2v) is 34.3. The molecule has 0 N–H and O–H groups in total. The summed E-state index contributed by atoms with van der Waals surface area (Å²) in [6.07, 6.45) is 74.4. The molecule has 0 saturated heterocycles. The Morgan fingerprint density at radius 1 is 0.235 bits per heavy atom. The van der Waals surface area contributed by atoms with Crippen LogP contribution < -0.4 is 0 Å². The quantitative estimate of drug-likeness (QED) is 0.127. The van der Waals surface area contributed by atoms with Gasteiger partial charge in [0, 0.05) is 36.3 Å². The van der Waals surface area contributed by atoms with Crippen LogP contribution in [0.25, 0.3) is 0 Å². The van der Waals surface area contributed by atoms with E-state index in [4.69, 9.17) is 0 Å². The summed E-state index contributed by atoms with van der Waals surface area (Å²) in [6.45, 7) is 15.5. The van der Waals surface area contributed by atoms with Gasteiger partial charge in [-0.1, -0.05) is 151 Å². The summed E-state index contributed by atoms with van der Waals surface area (Å²) in [5.74, 6) is 16.8. The Morgan fingerprint density at radius 2 is 0.531 bits per heavy atom. The van der Waals surface area contributed by atoms with Gasteiger partial charge in [0.15, 0.2) is 0 Å². The average molecular weight is 1110 g/mol. The van der Waals surface area contributed by atoms with Crippen LogP contribution in [0.4, 0.5) is 0 Å². The monoisotopic (exact) mass is 1110 g/mol. The Hall–Kier alpha value is -0.0800. The van der Waals surface area contributed by atoms with Gasteiger partial charge in [0.05, 0.1) is 0 Å². The Kier molecular flexibility index (Phi) is 19.3. The molecule has 0 aromatic carbocycles. The van der Waals surface area contributed by atoms with Gasteiger partial charge in [0.1, 0.15) is 0 Å². The van der Waals surface area contributed by atoms with Crippen LogP contribution in [0.2, 0.25) is 0 Å². The Bertz CT molecular complexity index is 1870. The van der Waals surface area contributed by atoms with E-state index in [0.29, 0.717) is 16.2 Å². The third-order valence-electron chi connectivity index (χ3n) is 31.6. The minimum Gasteiger partial charge on any atom is -0.294 e. The molecule has 0 amide bonds. The fourth-order valence-corrected chi connectivity index (χ4v) is 30.0. The van der Waals surface area contributed by atoms with E-state index in [1.807, 2.05) is 0 Å². The van der Waals surface area contributed by atoms with Gasteiger partial charge in [-0.15, -0.1) is 0 Å². The highest BCUT2D eigenvalue weighted by molar-refractivity contribution is 5.15. The maximum atomic E-state index is 3.57. The molecule has 18 atom stereocenters. The van der Waals surface area contributed by atoms with Gasteiger partial charge < -0.3 is 0 Å². The summed E-state index contributed by atoms with van der Waals surface area (Å²) in [4.78, 5) is 7.10. The summed E-state index contributed by atoms with van der Waals surface area (Å²) >= 11 is 0. The number of fused-ring (bicyclic) bond motifs is 10. The number of rotatable bonds is 19. The molecule has 0 bridgehead atoms. The zero-order valence-corrected chi connectivity index (χ0v) is 55.0. The van der Waals surface area contributed by atoms with Gasteiger partial charge in [-0.3, -0.25) is 9.80 Å². The third kappa shape index (κ3) is 10.7. The molecule has 81 heavy (non-hydrogen) atoms. The number of nitrogens with zero attached hydrogens (tertiary/aromatic N) is 2. The molecular weight excluding hydrogens is 977 g/mol. The second kappa shape index (κ2) is 26.2. The van der Waals surface area contributed by atoms with Crippen molar-refractivity contribution in [3.8, 4) is 0 Å².